The summed E-state index contributed by atoms with van der Waals surface area (Å²) in [6.45, 7) is 19.0. The van der Waals surface area contributed by atoms with Crippen molar-refractivity contribution in [3.63, 3.8) is 0 Å². The largest absolute Gasteiger partial charge is 2.00 e. The molecule has 0 amide bonds. The summed E-state index contributed by atoms with van der Waals surface area (Å²) in [6.07, 6.45) is 11.7. The molecule has 0 radical (unpaired) electrons. The molecular formula is C24H50BF4Fe-. The summed E-state index contributed by atoms with van der Waals surface area (Å²) in [5, 5.41) is 0. The van der Waals surface area contributed by atoms with E-state index in [4.69, 9.17) is 0 Å². The van der Waals surface area contributed by atoms with Crippen LogP contribution in [0.2, 0.25) is 0 Å². The molecule has 0 nitrogen and oxygen atoms in total. The predicted octanol–water partition coefficient (Wildman–Crippen LogP) is 9.92. The molecule has 6 heteroatoms. The van der Waals surface area contributed by atoms with E-state index in [0.29, 0.717) is 10.8 Å². The topological polar surface area (TPSA) is 0 Å². The first-order chi connectivity index (χ1) is 12.1. The summed E-state index contributed by atoms with van der Waals surface area (Å²) in [5.41, 5.74) is 1.12. The van der Waals surface area contributed by atoms with E-state index in [2.05, 4.69) is 55.4 Å². The third kappa shape index (κ3) is 17.9. The van der Waals surface area contributed by atoms with Gasteiger partial charge in [-0.25, -0.2) is 0 Å². The second-order valence-electron chi connectivity index (χ2n) is 10.8. The first-order valence-corrected chi connectivity index (χ1v) is 10.9. The van der Waals surface area contributed by atoms with Crippen LogP contribution < -0.4 is 0 Å². The number of hydrogen-bond donors (Lipinski definition) is 0. The van der Waals surface area contributed by atoms with Crippen molar-refractivity contribution in [2.24, 2.45) is 34.5 Å². The van der Waals surface area contributed by atoms with Gasteiger partial charge in [0.25, 0.3) is 0 Å². The average Bonchev–Trinajstić information content (AvgIpc) is 3.14. The van der Waals surface area contributed by atoms with Crippen molar-refractivity contribution in [2.45, 2.75) is 107 Å². The maximum atomic E-state index is 9.75. The van der Waals surface area contributed by atoms with Gasteiger partial charge in [0, 0.05) is 0 Å². The van der Waals surface area contributed by atoms with Crippen molar-refractivity contribution in [2.75, 3.05) is 0 Å². The fourth-order valence-electron chi connectivity index (χ4n) is 4.46. The van der Waals surface area contributed by atoms with Crippen LogP contribution in [0.1, 0.15) is 107 Å². The zero-order valence-corrected chi connectivity index (χ0v) is 22.5. The standard InChI is InChI=1S/2C11H22.2CH3.BF4.Fe/c2*1-5-9-6-7-10(8-9)11(2,3)4;;;2-1(3,4)5;/h2*9-10H,5-8H2,1-4H3;2*1H3;;/q;;3*-1;+2. The Hall–Kier alpha value is 0.304. The number of hydrogen-bond acceptors (Lipinski definition) is 0. The minimum Gasteiger partial charge on any atom is -0.418 e. The third-order valence-electron chi connectivity index (χ3n) is 6.69. The molecule has 0 aromatic rings. The zero-order chi connectivity index (χ0) is 21.5. The van der Waals surface area contributed by atoms with Crippen LogP contribution >= 0.6 is 0 Å². The molecule has 186 valence electrons. The smallest absolute Gasteiger partial charge is 0.418 e. The first kappa shape index (κ1) is 37.6. The maximum Gasteiger partial charge on any atom is 2.00 e. The molecule has 2 aliphatic rings. The van der Waals surface area contributed by atoms with Gasteiger partial charge >= 0.3 is 24.3 Å². The minimum atomic E-state index is -6.00. The SMILES string of the molecule is CCC1CCC(C(C)(C)C)C1.CCC1CCC(C(C)(C)C)C1.F[B-](F)(F)F.[CH3-].[CH3-].[Fe+2]. The Morgan fingerprint density at radius 2 is 0.867 bits per heavy atom. The van der Waals surface area contributed by atoms with Crippen LogP contribution in [0.25, 0.3) is 0 Å². The van der Waals surface area contributed by atoms with Gasteiger partial charge in [0.1, 0.15) is 0 Å². The van der Waals surface area contributed by atoms with E-state index < -0.39 is 7.25 Å². The fourth-order valence-corrected chi connectivity index (χ4v) is 4.46. The number of rotatable bonds is 2. The summed E-state index contributed by atoms with van der Waals surface area (Å²) in [4.78, 5) is 0. The van der Waals surface area contributed by atoms with Gasteiger partial charge in [-0.2, -0.15) is 0 Å². The van der Waals surface area contributed by atoms with Crippen LogP contribution in [0.4, 0.5) is 17.3 Å². The van der Waals surface area contributed by atoms with Gasteiger partial charge in [0.2, 0.25) is 0 Å². The van der Waals surface area contributed by atoms with Crippen LogP contribution in [0.5, 0.6) is 0 Å². The molecule has 2 aliphatic carbocycles. The van der Waals surface area contributed by atoms with Gasteiger partial charge in [-0.1, -0.05) is 81.1 Å². The molecule has 4 atom stereocenters. The average molecular weight is 481 g/mol. The van der Waals surface area contributed by atoms with Crippen molar-refractivity contribution >= 4 is 7.25 Å². The van der Waals surface area contributed by atoms with Gasteiger partial charge in [0.15, 0.2) is 0 Å². The summed E-state index contributed by atoms with van der Waals surface area (Å²) in [7, 11) is -6.00. The quantitative estimate of drug-likeness (QED) is 0.209. The van der Waals surface area contributed by atoms with E-state index in [1.807, 2.05) is 0 Å². The van der Waals surface area contributed by atoms with Crippen molar-refractivity contribution in [3.8, 4) is 0 Å². The van der Waals surface area contributed by atoms with E-state index in [1.165, 1.54) is 51.4 Å². The Balaban J connectivity index is -0.000000171. The molecule has 0 bridgehead atoms. The first-order valence-electron chi connectivity index (χ1n) is 10.9. The molecule has 2 rings (SSSR count). The fraction of sp³-hybridized carbons (Fsp3) is 0.917. The molecule has 0 heterocycles. The van der Waals surface area contributed by atoms with Crippen LogP contribution in [-0.4, -0.2) is 7.25 Å². The molecule has 30 heavy (non-hydrogen) atoms. The Morgan fingerprint density at radius 1 is 0.633 bits per heavy atom. The molecule has 0 aliphatic heterocycles. The summed E-state index contributed by atoms with van der Waals surface area (Å²) in [5.74, 6) is 4.07. The monoisotopic (exact) mass is 481 g/mol. The zero-order valence-electron chi connectivity index (χ0n) is 21.4. The van der Waals surface area contributed by atoms with Crippen molar-refractivity contribution < 1.29 is 34.3 Å². The van der Waals surface area contributed by atoms with Crippen LogP contribution in [0, 0.1) is 49.4 Å². The Labute approximate surface area is 197 Å². The van der Waals surface area contributed by atoms with Gasteiger partial charge in [-0.05, 0) is 60.2 Å². The molecule has 0 aromatic carbocycles. The van der Waals surface area contributed by atoms with E-state index in [0.717, 1.165) is 23.7 Å². The molecule has 2 saturated carbocycles. The summed E-state index contributed by atoms with van der Waals surface area (Å²) < 4.78 is 39.0. The van der Waals surface area contributed by atoms with E-state index in [9.17, 15) is 17.3 Å². The summed E-state index contributed by atoms with van der Waals surface area (Å²) >= 11 is 0. The van der Waals surface area contributed by atoms with E-state index >= 15 is 0 Å². The molecule has 4 unspecified atom stereocenters. The molecular weight excluding hydrogens is 431 g/mol. The van der Waals surface area contributed by atoms with E-state index in [1.54, 1.807) is 0 Å². The van der Waals surface area contributed by atoms with Crippen LogP contribution in [0.15, 0.2) is 0 Å². The Morgan fingerprint density at radius 3 is 0.967 bits per heavy atom. The minimum absolute atomic E-state index is 0. The van der Waals surface area contributed by atoms with E-state index in [-0.39, 0.29) is 31.9 Å². The molecule has 2 fully saturated rings. The van der Waals surface area contributed by atoms with Crippen molar-refractivity contribution in [3.05, 3.63) is 14.9 Å². The van der Waals surface area contributed by atoms with Crippen LogP contribution in [-0.2, 0) is 17.1 Å². The van der Waals surface area contributed by atoms with Crippen LogP contribution in [0.3, 0.4) is 0 Å². The van der Waals surface area contributed by atoms with Crippen molar-refractivity contribution in [1.82, 2.24) is 0 Å². The predicted molar refractivity (Wildman–Crippen MR) is 124 cm³/mol. The maximum absolute atomic E-state index is 9.75. The normalized spacial score (nSPS) is 26.0. The molecule has 0 N–H and O–H groups in total. The summed E-state index contributed by atoms with van der Waals surface area (Å²) in [6, 6.07) is 0. The van der Waals surface area contributed by atoms with Crippen molar-refractivity contribution in [1.29, 1.82) is 0 Å². The molecule has 0 spiro atoms. The Bertz CT molecular complexity index is 361. The second-order valence-corrected chi connectivity index (χ2v) is 10.8. The second kappa shape index (κ2) is 16.0. The van der Waals surface area contributed by atoms with Gasteiger partial charge in [-0.15, -0.1) is 0 Å². The van der Waals surface area contributed by atoms with Gasteiger partial charge in [-0.3, -0.25) is 0 Å². The van der Waals surface area contributed by atoms with Gasteiger partial charge < -0.3 is 32.1 Å². The Kier molecular flexibility index (Phi) is 20.1. The third-order valence-corrected chi connectivity index (χ3v) is 6.69. The number of halogens is 4. The van der Waals surface area contributed by atoms with Gasteiger partial charge in [0.05, 0.1) is 0 Å². The molecule has 0 saturated heterocycles. The molecule has 0 aromatic heterocycles.